The molecule has 264 valence electrons. The molecule has 5 unspecified atom stereocenters. The van der Waals surface area contributed by atoms with Crippen LogP contribution < -0.4 is 5.32 Å². The zero-order valence-corrected chi connectivity index (χ0v) is 29.8. The Morgan fingerprint density at radius 3 is 2.49 bits per heavy atom. The van der Waals surface area contributed by atoms with Gasteiger partial charge in [-0.15, -0.1) is 12.8 Å². The second-order valence-corrected chi connectivity index (χ2v) is 17.2. The molecule has 1 saturated heterocycles. The number of alkyl carbamates (subject to hydrolysis) is 1. The van der Waals surface area contributed by atoms with Gasteiger partial charge in [-0.3, -0.25) is 4.79 Å². The van der Waals surface area contributed by atoms with Crippen molar-refractivity contribution in [2.24, 2.45) is 57.2 Å². The van der Waals surface area contributed by atoms with Crippen LogP contribution in [0, 0.1) is 70.0 Å². The molecule has 2 spiro atoms. The molecule has 2 N–H and O–H groups in total. The van der Waals surface area contributed by atoms with Crippen molar-refractivity contribution < 1.29 is 28.9 Å². The third-order valence-corrected chi connectivity index (χ3v) is 15.4. The number of morpholine rings is 1. The van der Waals surface area contributed by atoms with Crippen LogP contribution in [0.25, 0.3) is 0 Å². The van der Waals surface area contributed by atoms with Gasteiger partial charge >= 0.3 is 6.09 Å². The molecule has 47 heavy (non-hydrogen) atoms. The number of rotatable bonds is 9. The van der Waals surface area contributed by atoms with E-state index in [0.29, 0.717) is 73.1 Å². The van der Waals surface area contributed by atoms with E-state index in [1.54, 1.807) is 7.05 Å². The summed E-state index contributed by atoms with van der Waals surface area (Å²) in [7, 11) is 1.59. The number of carbonyl (C=O) groups is 2. The molecule has 7 rings (SSSR count). The molecule has 0 aromatic rings. The SMILES string of the molecule is C#C.CNC(=O)OCCCCC1[C@H](O)CC2[C@@H]3CCC4C(C)(C)[C@@H](OC5CN(C(=O)CC6CC6)CCO5)CCC45[C@@H](C)[C@@]35CC[C@]12C. The summed E-state index contributed by atoms with van der Waals surface area (Å²) in [6, 6.07) is 0. The van der Waals surface area contributed by atoms with Crippen molar-refractivity contribution in [1.82, 2.24) is 10.2 Å². The number of amides is 2. The molecule has 1 aliphatic heterocycles. The number of terminal acetylenes is 1. The zero-order valence-electron chi connectivity index (χ0n) is 29.8. The van der Waals surface area contributed by atoms with Gasteiger partial charge in [0, 0.05) is 20.0 Å². The number of hydrogen-bond acceptors (Lipinski definition) is 6. The first-order chi connectivity index (χ1) is 22.5. The summed E-state index contributed by atoms with van der Waals surface area (Å²) in [6.07, 6.45) is 21.5. The van der Waals surface area contributed by atoms with Gasteiger partial charge < -0.3 is 29.5 Å². The van der Waals surface area contributed by atoms with Crippen LogP contribution in [0.4, 0.5) is 4.79 Å². The number of hydrogen-bond donors (Lipinski definition) is 2. The van der Waals surface area contributed by atoms with Crippen molar-refractivity contribution in [3.8, 4) is 12.8 Å². The van der Waals surface area contributed by atoms with Crippen LogP contribution in [-0.2, 0) is 19.0 Å². The average Bonchev–Trinajstić information content (AvgIpc) is 3.95. The quantitative estimate of drug-likeness (QED) is 0.221. The average molecular weight is 655 g/mol. The fraction of sp³-hybridized carbons (Fsp3) is 0.897. The predicted molar refractivity (Wildman–Crippen MR) is 181 cm³/mol. The molecule has 7 fully saturated rings. The zero-order chi connectivity index (χ0) is 33.8. The molecule has 0 aromatic carbocycles. The van der Waals surface area contributed by atoms with Gasteiger partial charge in [0.1, 0.15) is 0 Å². The highest BCUT2D eigenvalue weighted by Crippen LogP contribution is 2.89. The Hall–Kier alpha value is -1.82. The highest BCUT2D eigenvalue weighted by molar-refractivity contribution is 5.76. The summed E-state index contributed by atoms with van der Waals surface area (Å²) < 4.78 is 18.2. The van der Waals surface area contributed by atoms with E-state index in [4.69, 9.17) is 14.2 Å². The highest BCUT2D eigenvalue weighted by Gasteiger charge is 2.84. The number of unbranched alkanes of at least 4 members (excludes halogenated alkanes) is 1. The van der Waals surface area contributed by atoms with Gasteiger partial charge in [-0.05, 0) is 134 Å². The topological polar surface area (TPSA) is 97.3 Å². The lowest BCUT2D eigenvalue weighted by Crippen LogP contribution is -2.56. The second-order valence-electron chi connectivity index (χ2n) is 17.2. The fourth-order valence-corrected chi connectivity index (χ4v) is 13.0. The molecule has 0 radical (unpaired) electrons. The van der Waals surface area contributed by atoms with Crippen molar-refractivity contribution in [2.45, 2.75) is 130 Å². The largest absolute Gasteiger partial charge is 0.450 e. The van der Waals surface area contributed by atoms with E-state index in [9.17, 15) is 14.7 Å². The maximum Gasteiger partial charge on any atom is 0.406 e. The lowest BCUT2D eigenvalue weighted by atomic mass is 9.46. The smallest absolute Gasteiger partial charge is 0.406 e. The standard InChI is InChI=1S/C37H60N2O6.C2H2/c1-23-36-16-15-35(4)26(8-6-7-18-44-33(42)38-5)28(40)21-27(35)25(36)11-12-29-34(2,3)30(13-14-37(23,29)36)45-32-22-39(17-19-43-32)31(41)20-24-9-10-24;1-2/h23-30,32,40H,6-22H2,1-5H3,(H,38,42);1-2H/t23-,25-,26?,27?,28+,29?,30-,32?,35+,36-,37?;/m0./s1. The molecular formula is C39H62N2O6. The first-order valence-electron chi connectivity index (χ1n) is 18.9. The maximum absolute atomic E-state index is 12.9. The number of aliphatic hydroxyl groups excluding tert-OH is 1. The molecular weight excluding hydrogens is 592 g/mol. The van der Waals surface area contributed by atoms with Crippen molar-refractivity contribution >= 4 is 12.0 Å². The van der Waals surface area contributed by atoms with Crippen molar-refractivity contribution in [3.63, 3.8) is 0 Å². The van der Waals surface area contributed by atoms with Crippen LogP contribution in [0.2, 0.25) is 0 Å². The van der Waals surface area contributed by atoms with E-state index in [2.05, 4.69) is 45.9 Å². The van der Waals surface area contributed by atoms with Crippen LogP contribution in [0.3, 0.4) is 0 Å². The Morgan fingerprint density at radius 2 is 1.77 bits per heavy atom. The van der Waals surface area contributed by atoms with Crippen LogP contribution in [0.1, 0.15) is 111 Å². The van der Waals surface area contributed by atoms with Gasteiger partial charge in [0.05, 0.1) is 32.0 Å². The predicted octanol–water partition coefficient (Wildman–Crippen LogP) is 6.40. The summed E-state index contributed by atoms with van der Waals surface area (Å²) in [4.78, 5) is 26.3. The fourth-order valence-electron chi connectivity index (χ4n) is 13.0. The third-order valence-electron chi connectivity index (χ3n) is 15.4. The Kier molecular flexibility index (Phi) is 9.79. The third kappa shape index (κ3) is 5.63. The Bertz CT molecular complexity index is 1190. The van der Waals surface area contributed by atoms with E-state index in [-0.39, 0.29) is 41.3 Å². The Balaban J connectivity index is 0.00000190. The van der Waals surface area contributed by atoms with E-state index in [1.165, 1.54) is 44.9 Å². The van der Waals surface area contributed by atoms with Crippen LogP contribution in [0.15, 0.2) is 0 Å². The second kappa shape index (κ2) is 13.1. The van der Waals surface area contributed by atoms with Gasteiger partial charge in [-0.25, -0.2) is 4.79 Å². The summed E-state index contributed by atoms with van der Waals surface area (Å²) in [5.74, 6) is 3.90. The minimum Gasteiger partial charge on any atom is -0.450 e. The highest BCUT2D eigenvalue weighted by atomic mass is 16.7. The number of nitrogens with zero attached hydrogens (tertiary/aromatic N) is 1. The number of nitrogens with one attached hydrogen (secondary N) is 1. The monoisotopic (exact) mass is 654 g/mol. The van der Waals surface area contributed by atoms with Crippen molar-refractivity contribution in [2.75, 3.05) is 33.4 Å². The number of ether oxygens (including phenoxy) is 3. The van der Waals surface area contributed by atoms with Gasteiger partial charge in [0.2, 0.25) is 5.91 Å². The summed E-state index contributed by atoms with van der Waals surface area (Å²) >= 11 is 0. The lowest BCUT2D eigenvalue weighted by Gasteiger charge is -2.59. The molecule has 6 saturated carbocycles. The van der Waals surface area contributed by atoms with Crippen LogP contribution in [0.5, 0.6) is 0 Å². The normalized spacial score (nSPS) is 44.4. The summed E-state index contributed by atoms with van der Waals surface area (Å²) in [6.45, 7) is 12.3. The van der Waals surface area contributed by atoms with Crippen molar-refractivity contribution in [3.05, 3.63) is 0 Å². The summed E-state index contributed by atoms with van der Waals surface area (Å²) in [5, 5.41) is 14.0. The van der Waals surface area contributed by atoms with E-state index in [1.807, 2.05) is 4.90 Å². The van der Waals surface area contributed by atoms with E-state index in [0.717, 1.165) is 38.0 Å². The molecule has 0 bridgehead atoms. The molecule has 1 heterocycles. The number of fused-ring (bicyclic) bond motifs is 2. The van der Waals surface area contributed by atoms with E-state index >= 15 is 0 Å². The Morgan fingerprint density at radius 1 is 1.00 bits per heavy atom. The van der Waals surface area contributed by atoms with E-state index < -0.39 is 0 Å². The first-order valence-corrected chi connectivity index (χ1v) is 18.9. The molecule has 8 nitrogen and oxygen atoms in total. The molecule has 11 atom stereocenters. The first kappa shape index (κ1) is 35.0. The number of carbonyl (C=O) groups excluding carboxylic acids is 2. The van der Waals surface area contributed by atoms with Crippen LogP contribution in [-0.4, -0.2) is 73.9 Å². The van der Waals surface area contributed by atoms with Gasteiger partial charge in [-0.2, -0.15) is 0 Å². The minimum atomic E-state index is -0.364. The minimum absolute atomic E-state index is 0.0554. The molecule has 6 aliphatic carbocycles. The molecule has 7 aliphatic rings. The van der Waals surface area contributed by atoms with Crippen LogP contribution >= 0.6 is 0 Å². The van der Waals surface area contributed by atoms with Gasteiger partial charge in [0.25, 0.3) is 0 Å². The molecule has 8 heteroatoms. The number of aliphatic hydroxyl groups is 1. The van der Waals surface area contributed by atoms with Gasteiger partial charge in [0.15, 0.2) is 6.29 Å². The summed E-state index contributed by atoms with van der Waals surface area (Å²) in [5.41, 5.74) is 1.05. The molecule has 2 amide bonds. The van der Waals surface area contributed by atoms with Crippen molar-refractivity contribution in [1.29, 1.82) is 0 Å². The van der Waals surface area contributed by atoms with Gasteiger partial charge in [-0.1, -0.05) is 27.7 Å². The maximum atomic E-state index is 12.9. The lowest BCUT2D eigenvalue weighted by molar-refractivity contribution is -0.244. The molecule has 0 aromatic heterocycles. The Labute approximate surface area is 283 Å².